The van der Waals surface area contributed by atoms with Crippen LogP contribution in [-0.4, -0.2) is 21.6 Å². The highest BCUT2D eigenvalue weighted by Crippen LogP contribution is 2.03. The number of amides is 1. The number of hydrogen-bond donors (Lipinski definition) is 2. The van der Waals surface area contributed by atoms with Crippen molar-refractivity contribution in [1.82, 2.24) is 15.5 Å². The number of aryl methyl sites for hydroxylation is 1. The molecule has 1 aromatic heterocycles. The van der Waals surface area contributed by atoms with Gasteiger partial charge in [0.15, 0.2) is 5.82 Å². The maximum absolute atomic E-state index is 11.4. The molecular formula is C9H16N4O2. The molecule has 0 saturated heterocycles. The molecule has 1 amide bonds. The van der Waals surface area contributed by atoms with Crippen molar-refractivity contribution in [2.75, 3.05) is 0 Å². The minimum Gasteiger partial charge on any atom is -0.349 e. The van der Waals surface area contributed by atoms with Crippen LogP contribution in [0.1, 0.15) is 32.0 Å². The largest absolute Gasteiger partial charge is 0.349 e. The second-order valence-corrected chi connectivity index (χ2v) is 4.17. The Bertz CT molecular complexity index is 340. The van der Waals surface area contributed by atoms with Crippen LogP contribution in [-0.2, 0) is 11.3 Å². The van der Waals surface area contributed by atoms with Gasteiger partial charge in [-0.1, -0.05) is 5.16 Å². The maximum atomic E-state index is 11.4. The zero-order valence-corrected chi connectivity index (χ0v) is 9.20. The van der Waals surface area contributed by atoms with Crippen molar-refractivity contribution in [3.8, 4) is 0 Å². The molecule has 1 heterocycles. The summed E-state index contributed by atoms with van der Waals surface area (Å²) in [5.41, 5.74) is 5.20. The van der Waals surface area contributed by atoms with E-state index in [0.29, 0.717) is 11.7 Å². The van der Waals surface area contributed by atoms with Crippen molar-refractivity contribution < 1.29 is 9.32 Å². The van der Waals surface area contributed by atoms with E-state index in [1.54, 1.807) is 20.8 Å². The first kappa shape index (κ1) is 11.6. The van der Waals surface area contributed by atoms with Crippen LogP contribution in [0.25, 0.3) is 0 Å². The number of nitrogens with two attached hydrogens (primary N) is 1. The third kappa shape index (κ3) is 4.55. The van der Waals surface area contributed by atoms with E-state index in [4.69, 9.17) is 10.3 Å². The molecule has 0 unspecified atom stereocenters. The molecule has 0 saturated carbocycles. The summed E-state index contributed by atoms with van der Waals surface area (Å²) < 4.78 is 4.76. The van der Waals surface area contributed by atoms with E-state index in [1.165, 1.54) is 0 Å². The average molecular weight is 212 g/mol. The van der Waals surface area contributed by atoms with Crippen molar-refractivity contribution >= 4 is 5.91 Å². The second kappa shape index (κ2) is 4.39. The van der Waals surface area contributed by atoms with E-state index in [2.05, 4.69) is 15.5 Å². The SMILES string of the molecule is Cc1nc(CNC(=O)CC(C)(C)N)no1. The second-order valence-electron chi connectivity index (χ2n) is 4.17. The Balaban J connectivity index is 2.35. The van der Waals surface area contributed by atoms with Crippen LogP contribution in [0.2, 0.25) is 0 Å². The standard InChI is InChI=1S/C9H16N4O2/c1-6-12-7(13-15-6)5-11-8(14)4-9(2,3)10/h4-5,10H2,1-3H3,(H,11,14). The Labute approximate surface area is 88.2 Å². The van der Waals surface area contributed by atoms with E-state index in [1.807, 2.05) is 0 Å². The normalized spacial score (nSPS) is 11.5. The molecule has 6 heteroatoms. The molecule has 0 aromatic carbocycles. The molecule has 0 fully saturated rings. The summed E-state index contributed by atoms with van der Waals surface area (Å²) in [5.74, 6) is 0.832. The minimum atomic E-state index is -0.503. The van der Waals surface area contributed by atoms with Gasteiger partial charge in [-0.15, -0.1) is 0 Å². The molecule has 3 N–H and O–H groups in total. The van der Waals surface area contributed by atoms with Gasteiger partial charge in [0.05, 0.1) is 6.54 Å². The van der Waals surface area contributed by atoms with E-state index < -0.39 is 5.54 Å². The van der Waals surface area contributed by atoms with Crippen LogP contribution < -0.4 is 11.1 Å². The summed E-state index contributed by atoms with van der Waals surface area (Å²) in [4.78, 5) is 15.3. The lowest BCUT2D eigenvalue weighted by Gasteiger charge is -2.16. The fourth-order valence-corrected chi connectivity index (χ4v) is 1.07. The average Bonchev–Trinajstić information content (AvgIpc) is 2.45. The van der Waals surface area contributed by atoms with E-state index in [0.717, 1.165) is 0 Å². The zero-order chi connectivity index (χ0) is 11.5. The Morgan fingerprint density at radius 1 is 1.60 bits per heavy atom. The van der Waals surface area contributed by atoms with Gasteiger partial charge in [0.1, 0.15) is 0 Å². The van der Waals surface area contributed by atoms with E-state index in [-0.39, 0.29) is 18.9 Å². The first-order chi connectivity index (χ1) is 6.87. The summed E-state index contributed by atoms with van der Waals surface area (Å²) in [6.07, 6.45) is 0.268. The number of rotatable bonds is 4. The van der Waals surface area contributed by atoms with Crippen LogP contribution >= 0.6 is 0 Å². The molecule has 6 nitrogen and oxygen atoms in total. The number of carbonyl (C=O) groups is 1. The highest BCUT2D eigenvalue weighted by molar-refractivity contribution is 5.76. The van der Waals surface area contributed by atoms with Gasteiger partial charge < -0.3 is 15.6 Å². The van der Waals surface area contributed by atoms with E-state index >= 15 is 0 Å². The fourth-order valence-electron chi connectivity index (χ4n) is 1.07. The lowest BCUT2D eigenvalue weighted by atomic mass is 10.0. The third-order valence-corrected chi connectivity index (χ3v) is 1.63. The highest BCUT2D eigenvalue weighted by atomic mass is 16.5. The molecule has 15 heavy (non-hydrogen) atoms. The molecule has 0 radical (unpaired) electrons. The summed E-state index contributed by atoms with van der Waals surface area (Å²) in [7, 11) is 0. The number of carbonyl (C=O) groups excluding carboxylic acids is 1. The summed E-state index contributed by atoms with van der Waals surface area (Å²) in [6, 6.07) is 0. The number of aromatic nitrogens is 2. The summed E-state index contributed by atoms with van der Waals surface area (Å²) >= 11 is 0. The Hall–Kier alpha value is -1.43. The molecule has 0 atom stereocenters. The monoisotopic (exact) mass is 212 g/mol. The Morgan fingerprint density at radius 2 is 2.27 bits per heavy atom. The number of nitrogens with one attached hydrogen (secondary N) is 1. The van der Waals surface area contributed by atoms with Crippen molar-refractivity contribution in [2.45, 2.75) is 39.3 Å². The molecule has 1 rings (SSSR count). The quantitative estimate of drug-likeness (QED) is 0.739. The van der Waals surface area contributed by atoms with Crippen LogP contribution in [0, 0.1) is 6.92 Å². The van der Waals surface area contributed by atoms with Crippen LogP contribution in [0.15, 0.2) is 4.52 Å². The maximum Gasteiger partial charge on any atom is 0.223 e. The first-order valence-electron chi connectivity index (χ1n) is 4.71. The molecule has 0 aliphatic heterocycles. The molecular weight excluding hydrogens is 196 g/mol. The molecule has 1 aromatic rings. The summed E-state index contributed by atoms with van der Waals surface area (Å²) in [6.45, 7) is 5.56. The molecule has 84 valence electrons. The number of hydrogen-bond acceptors (Lipinski definition) is 5. The Kier molecular flexibility index (Phi) is 3.41. The van der Waals surface area contributed by atoms with Crippen molar-refractivity contribution in [3.05, 3.63) is 11.7 Å². The predicted molar refractivity (Wildman–Crippen MR) is 53.8 cm³/mol. The van der Waals surface area contributed by atoms with Gasteiger partial charge in [0, 0.05) is 18.9 Å². The van der Waals surface area contributed by atoms with Crippen molar-refractivity contribution in [1.29, 1.82) is 0 Å². The molecule has 0 bridgehead atoms. The fraction of sp³-hybridized carbons (Fsp3) is 0.667. The van der Waals surface area contributed by atoms with Gasteiger partial charge in [-0.05, 0) is 13.8 Å². The van der Waals surface area contributed by atoms with Gasteiger partial charge in [0.2, 0.25) is 11.8 Å². The van der Waals surface area contributed by atoms with Crippen molar-refractivity contribution in [3.63, 3.8) is 0 Å². The third-order valence-electron chi connectivity index (χ3n) is 1.63. The van der Waals surface area contributed by atoms with Crippen LogP contribution in [0.3, 0.4) is 0 Å². The van der Waals surface area contributed by atoms with Crippen LogP contribution in [0.4, 0.5) is 0 Å². The van der Waals surface area contributed by atoms with E-state index in [9.17, 15) is 4.79 Å². The smallest absolute Gasteiger partial charge is 0.223 e. The predicted octanol–water partition coefficient (Wildman–Crippen LogP) is 0.122. The van der Waals surface area contributed by atoms with Gasteiger partial charge in [-0.3, -0.25) is 4.79 Å². The van der Waals surface area contributed by atoms with Crippen molar-refractivity contribution in [2.24, 2.45) is 5.73 Å². The first-order valence-corrected chi connectivity index (χ1v) is 4.71. The number of nitrogens with zero attached hydrogens (tertiary/aromatic N) is 2. The van der Waals surface area contributed by atoms with Gasteiger partial charge >= 0.3 is 0 Å². The summed E-state index contributed by atoms with van der Waals surface area (Å²) in [5, 5.41) is 6.32. The lowest BCUT2D eigenvalue weighted by molar-refractivity contribution is -0.122. The molecule has 0 aliphatic carbocycles. The molecule has 0 aliphatic rings. The molecule has 0 spiro atoms. The topological polar surface area (TPSA) is 94.0 Å². The Morgan fingerprint density at radius 3 is 2.73 bits per heavy atom. The van der Waals surface area contributed by atoms with Gasteiger partial charge in [0.25, 0.3) is 0 Å². The lowest BCUT2D eigenvalue weighted by Crippen LogP contribution is -2.38. The zero-order valence-electron chi connectivity index (χ0n) is 9.20. The minimum absolute atomic E-state index is 0.120. The van der Waals surface area contributed by atoms with Gasteiger partial charge in [-0.25, -0.2) is 0 Å². The van der Waals surface area contributed by atoms with Gasteiger partial charge in [-0.2, -0.15) is 4.98 Å². The highest BCUT2D eigenvalue weighted by Gasteiger charge is 2.16. The van der Waals surface area contributed by atoms with Crippen LogP contribution in [0.5, 0.6) is 0 Å².